The number of benzene rings is 2. The lowest BCUT2D eigenvalue weighted by molar-refractivity contribution is 0.318. The van der Waals surface area contributed by atoms with Crippen LogP contribution in [-0.4, -0.2) is 38.3 Å². The van der Waals surface area contributed by atoms with Crippen molar-refractivity contribution in [2.45, 2.75) is 33.0 Å². The molecule has 0 aliphatic heterocycles. The molecule has 8 N–H and O–H groups in total. The van der Waals surface area contributed by atoms with E-state index in [-0.39, 0.29) is 29.0 Å². The van der Waals surface area contributed by atoms with Crippen LogP contribution < -0.4 is 27.7 Å². The van der Waals surface area contributed by atoms with E-state index in [4.69, 9.17) is 16.7 Å². The number of nitrogens with zero attached hydrogens (tertiary/aromatic N) is 3. The highest BCUT2D eigenvalue weighted by Gasteiger charge is 2.14. The zero-order chi connectivity index (χ0) is 24.0. The summed E-state index contributed by atoms with van der Waals surface area (Å²) >= 11 is 0. The van der Waals surface area contributed by atoms with Crippen molar-refractivity contribution in [3.63, 3.8) is 0 Å². The molecule has 0 amide bonds. The normalized spacial score (nSPS) is 11.7. The zero-order valence-electron chi connectivity index (χ0n) is 18.6. The molecule has 0 atom stereocenters. The van der Waals surface area contributed by atoms with E-state index in [9.17, 15) is 9.90 Å². The van der Waals surface area contributed by atoms with Gasteiger partial charge in [-0.3, -0.25) is 4.79 Å². The average Bonchev–Trinajstić information content (AvgIpc) is 2.77. The molecule has 10 nitrogen and oxygen atoms in total. The van der Waals surface area contributed by atoms with Gasteiger partial charge in [0.25, 0.3) is 5.56 Å². The number of phenols is 1. The Bertz CT molecular complexity index is 1170. The van der Waals surface area contributed by atoms with Crippen molar-refractivity contribution in [3.05, 3.63) is 70.1 Å². The van der Waals surface area contributed by atoms with Crippen molar-refractivity contribution >= 4 is 17.3 Å². The molecule has 0 spiro atoms. The van der Waals surface area contributed by atoms with Crippen molar-refractivity contribution in [2.24, 2.45) is 10.9 Å². The molecule has 3 aromatic rings. The number of aromatic hydroxyl groups is 1. The van der Waals surface area contributed by atoms with Crippen LogP contribution in [0.3, 0.4) is 0 Å². The second-order valence-corrected chi connectivity index (χ2v) is 7.92. The summed E-state index contributed by atoms with van der Waals surface area (Å²) in [6.07, 6.45) is 1.60. The van der Waals surface area contributed by atoms with Crippen LogP contribution in [0.2, 0.25) is 0 Å². The van der Waals surface area contributed by atoms with Gasteiger partial charge >= 0.3 is 0 Å². The van der Waals surface area contributed by atoms with E-state index in [1.54, 1.807) is 35.0 Å². The molecule has 0 aliphatic rings. The van der Waals surface area contributed by atoms with Gasteiger partial charge in [-0.1, -0.05) is 29.4 Å². The minimum atomic E-state index is -0.256. The van der Waals surface area contributed by atoms with E-state index >= 15 is 0 Å². The van der Waals surface area contributed by atoms with Crippen LogP contribution in [-0.2, 0) is 13.1 Å². The highest BCUT2D eigenvalue weighted by molar-refractivity contribution is 5.96. The number of phenolic OH excluding ortho intramolecular Hbond substituents is 1. The van der Waals surface area contributed by atoms with Gasteiger partial charge in [-0.05, 0) is 31.5 Å². The molecule has 33 heavy (non-hydrogen) atoms. The molecular formula is C23H29N7O3. The van der Waals surface area contributed by atoms with Gasteiger partial charge < -0.3 is 37.0 Å². The first-order chi connectivity index (χ1) is 15.8. The Hall–Kier alpha value is -4.05. The summed E-state index contributed by atoms with van der Waals surface area (Å²) in [5, 5.41) is 28.1. The van der Waals surface area contributed by atoms with Gasteiger partial charge in [0.05, 0.1) is 11.9 Å². The van der Waals surface area contributed by atoms with Gasteiger partial charge in [-0.2, -0.15) is 0 Å². The first-order valence-electron chi connectivity index (χ1n) is 10.5. The Labute approximate surface area is 191 Å². The quantitative estimate of drug-likeness (QED) is 0.0717. The lowest BCUT2D eigenvalue weighted by Crippen LogP contribution is -2.31. The lowest BCUT2D eigenvalue weighted by atomic mass is 10.1. The van der Waals surface area contributed by atoms with Gasteiger partial charge in [0.1, 0.15) is 5.75 Å². The Balaban J connectivity index is 1.79. The van der Waals surface area contributed by atoms with Crippen molar-refractivity contribution in [3.8, 4) is 17.0 Å². The number of anilines is 2. The third-order valence-electron chi connectivity index (χ3n) is 4.91. The molecule has 0 saturated carbocycles. The van der Waals surface area contributed by atoms with Crippen LogP contribution in [0.4, 0.5) is 11.5 Å². The Morgan fingerprint density at radius 1 is 1.21 bits per heavy atom. The molecule has 2 aromatic carbocycles. The standard InChI is InChI=1S/C23H29N7O3/c1-14(2)28-22-23(32)30(20(13-27-22)17-9-18(24)11-19(31)10-17)8-7-26-12-15-3-5-16(6-4-15)21(25)29-33/h3-6,9-11,13-14,26,31,33H,7-8,12,24H2,1-2H3,(H2,25,29)(H,27,28). The number of hydrogen-bond acceptors (Lipinski definition) is 8. The summed E-state index contributed by atoms with van der Waals surface area (Å²) in [6.45, 7) is 5.32. The number of hydrogen-bond donors (Lipinski definition) is 6. The van der Waals surface area contributed by atoms with Gasteiger partial charge in [-0.15, -0.1) is 0 Å². The molecule has 0 saturated heterocycles. The summed E-state index contributed by atoms with van der Waals surface area (Å²) < 4.78 is 1.61. The number of nitrogens with one attached hydrogen (secondary N) is 2. The van der Waals surface area contributed by atoms with Gasteiger partial charge in [-0.25, -0.2) is 4.98 Å². The fourth-order valence-electron chi connectivity index (χ4n) is 3.37. The maximum absolute atomic E-state index is 13.1. The summed E-state index contributed by atoms with van der Waals surface area (Å²) in [5.74, 6) is 0.333. The molecule has 0 bridgehead atoms. The SMILES string of the molecule is CC(C)Nc1ncc(-c2cc(N)cc(O)c2)n(CCNCc2ccc(/C(N)=N/O)cc2)c1=O. The smallest absolute Gasteiger partial charge is 0.293 e. The van der Waals surface area contributed by atoms with E-state index in [0.717, 1.165) is 5.56 Å². The van der Waals surface area contributed by atoms with Crippen molar-refractivity contribution < 1.29 is 10.3 Å². The first-order valence-corrected chi connectivity index (χ1v) is 10.5. The number of nitrogens with two attached hydrogens (primary N) is 2. The van der Waals surface area contributed by atoms with Crippen LogP contribution in [0.25, 0.3) is 11.3 Å². The van der Waals surface area contributed by atoms with E-state index in [0.29, 0.717) is 42.1 Å². The summed E-state index contributed by atoms with van der Waals surface area (Å²) in [4.78, 5) is 17.4. The topological polar surface area (TPSA) is 164 Å². The number of nitrogen functional groups attached to an aromatic ring is 1. The van der Waals surface area contributed by atoms with Crippen LogP contribution in [0.5, 0.6) is 5.75 Å². The van der Waals surface area contributed by atoms with Crippen molar-refractivity contribution in [1.29, 1.82) is 0 Å². The van der Waals surface area contributed by atoms with Gasteiger partial charge in [0, 0.05) is 48.6 Å². The van der Waals surface area contributed by atoms with Crippen LogP contribution in [0, 0.1) is 0 Å². The molecule has 0 radical (unpaired) electrons. The third kappa shape index (κ3) is 6.01. The largest absolute Gasteiger partial charge is 0.508 e. The molecule has 10 heteroatoms. The minimum Gasteiger partial charge on any atom is -0.508 e. The molecule has 174 valence electrons. The number of amidine groups is 1. The lowest BCUT2D eigenvalue weighted by Gasteiger charge is -2.17. The summed E-state index contributed by atoms with van der Waals surface area (Å²) in [5.41, 5.74) is 14.4. The predicted molar refractivity (Wildman–Crippen MR) is 129 cm³/mol. The van der Waals surface area contributed by atoms with E-state index in [1.165, 1.54) is 6.07 Å². The average molecular weight is 452 g/mol. The maximum atomic E-state index is 13.1. The molecule has 0 unspecified atom stereocenters. The number of oxime groups is 1. The zero-order valence-corrected chi connectivity index (χ0v) is 18.6. The highest BCUT2D eigenvalue weighted by atomic mass is 16.4. The highest BCUT2D eigenvalue weighted by Crippen LogP contribution is 2.26. The summed E-state index contributed by atoms with van der Waals surface area (Å²) in [7, 11) is 0. The molecule has 0 fully saturated rings. The van der Waals surface area contributed by atoms with E-state index < -0.39 is 0 Å². The monoisotopic (exact) mass is 451 g/mol. The fraction of sp³-hybridized carbons (Fsp3) is 0.261. The van der Waals surface area contributed by atoms with Gasteiger partial charge in [0.15, 0.2) is 11.7 Å². The fourth-order valence-corrected chi connectivity index (χ4v) is 3.37. The Kier molecular flexibility index (Phi) is 7.52. The van der Waals surface area contributed by atoms with Crippen LogP contribution in [0.1, 0.15) is 25.0 Å². The molecule has 0 aliphatic carbocycles. The Morgan fingerprint density at radius 3 is 2.58 bits per heavy atom. The van der Waals surface area contributed by atoms with E-state index in [1.807, 2.05) is 26.0 Å². The van der Waals surface area contributed by atoms with Crippen molar-refractivity contribution in [2.75, 3.05) is 17.6 Å². The molecular weight excluding hydrogens is 422 g/mol. The van der Waals surface area contributed by atoms with Crippen molar-refractivity contribution in [1.82, 2.24) is 14.9 Å². The minimum absolute atomic E-state index is 0.0156. The Morgan fingerprint density at radius 2 is 1.94 bits per heavy atom. The third-order valence-corrected chi connectivity index (χ3v) is 4.91. The first kappa shape index (κ1) is 23.6. The molecule has 1 heterocycles. The van der Waals surface area contributed by atoms with Gasteiger partial charge in [0.2, 0.25) is 0 Å². The maximum Gasteiger partial charge on any atom is 0.293 e. The molecule has 1 aromatic heterocycles. The number of rotatable bonds is 9. The molecule has 3 rings (SSSR count). The number of aromatic nitrogens is 2. The van der Waals surface area contributed by atoms with E-state index in [2.05, 4.69) is 20.8 Å². The van der Waals surface area contributed by atoms with Crippen LogP contribution in [0.15, 0.2) is 58.6 Å². The van der Waals surface area contributed by atoms with Crippen LogP contribution >= 0.6 is 0 Å². The predicted octanol–water partition coefficient (Wildman–Crippen LogP) is 1.90. The second-order valence-electron chi connectivity index (χ2n) is 7.92. The summed E-state index contributed by atoms with van der Waals surface area (Å²) in [6, 6.07) is 12.0. The second kappa shape index (κ2) is 10.5.